The Balaban J connectivity index is 3.46. The molecule has 0 saturated heterocycles. The van der Waals surface area contributed by atoms with Crippen molar-refractivity contribution in [3.8, 4) is 0 Å². The Morgan fingerprint density at radius 1 is 1.14 bits per heavy atom. The summed E-state index contributed by atoms with van der Waals surface area (Å²) in [5, 5.41) is 0. The molecule has 4 heteroatoms. The lowest BCUT2D eigenvalue weighted by Gasteiger charge is -2.23. The van der Waals surface area contributed by atoms with Gasteiger partial charge < -0.3 is 14.4 Å². The van der Waals surface area contributed by atoms with Gasteiger partial charge in [-0.05, 0) is 24.7 Å². The van der Waals surface area contributed by atoms with Crippen LogP contribution in [0.1, 0.15) is 46.5 Å². The zero-order valence-electron chi connectivity index (χ0n) is 14.3. The molecule has 0 N–H and O–H groups in total. The molecule has 0 aromatic rings. The van der Waals surface area contributed by atoms with E-state index in [1.54, 1.807) is 4.90 Å². The normalized spacial score (nSPS) is 11.4. The van der Waals surface area contributed by atoms with E-state index >= 15 is 0 Å². The van der Waals surface area contributed by atoms with E-state index in [2.05, 4.69) is 27.4 Å². The number of allylic oxidation sites excluding steroid dienone is 1. The molecule has 0 aromatic heterocycles. The van der Waals surface area contributed by atoms with Gasteiger partial charge in [-0.15, -0.1) is 6.58 Å². The van der Waals surface area contributed by atoms with Crippen molar-refractivity contribution in [2.75, 3.05) is 40.0 Å². The number of carbonyl (C=O) groups is 1. The molecular weight excluding hydrogens is 266 g/mol. The van der Waals surface area contributed by atoms with Crippen molar-refractivity contribution >= 4 is 5.91 Å². The third-order valence-electron chi connectivity index (χ3n) is 3.15. The van der Waals surface area contributed by atoms with E-state index in [1.165, 1.54) is 0 Å². The monoisotopic (exact) mass is 299 g/mol. The van der Waals surface area contributed by atoms with Crippen LogP contribution in [-0.2, 0) is 14.3 Å². The molecule has 124 valence electrons. The van der Waals surface area contributed by atoms with E-state index in [0.717, 1.165) is 32.4 Å². The molecule has 0 atom stereocenters. The second-order valence-corrected chi connectivity index (χ2v) is 6.53. The zero-order chi connectivity index (χ0) is 16.1. The first kappa shape index (κ1) is 20.1. The van der Waals surface area contributed by atoms with Crippen LogP contribution in [0, 0.1) is 5.41 Å². The van der Waals surface area contributed by atoms with E-state index < -0.39 is 0 Å². The molecule has 0 radical (unpaired) electrons. The fourth-order valence-electron chi connectivity index (χ4n) is 1.63. The van der Waals surface area contributed by atoms with Gasteiger partial charge in [-0.2, -0.15) is 0 Å². The highest BCUT2D eigenvalue weighted by molar-refractivity contribution is 5.75. The number of hydrogen-bond donors (Lipinski definition) is 0. The third-order valence-corrected chi connectivity index (χ3v) is 3.15. The topological polar surface area (TPSA) is 38.8 Å². The number of amides is 1. The highest BCUT2D eigenvalue weighted by atomic mass is 16.5. The first-order valence-corrected chi connectivity index (χ1v) is 7.87. The Morgan fingerprint density at radius 2 is 1.76 bits per heavy atom. The van der Waals surface area contributed by atoms with Gasteiger partial charge in [0.15, 0.2) is 0 Å². The zero-order valence-corrected chi connectivity index (χ0v) is 14.3. The van der Waals surface area contributed by atoms with Crippen molar-refractivity contribution in [3.05, 3.63) is 12.7 Å². The number of rotatable bonds is 12. The van der Waals surface area contributed by atoms with Crippen molar-refractivity contribution in [2.24, 2.45) is 5.41 Å². The maximum atomic E-state index is 11.9. The summed E-state index contributed by atoms with van der Waals surface area (Å²) in [4.78, 5) is 13.7. The van der Waals surface area contributed by atoms with Crippen LogP contribution >= 0.6 is 0 Å². The first-order chi connectivity index (χ1) is 9.87. The number of unbranched alkanes of at least 4 members (excludes halogenated alkanes) is 1. The van der Waals surface area contributed by atoms with Crippen LogP contribution in [0.3, 0.4) is 0 Å². The number of hydrogen-bond acceptors (Lipinski definition) is 3. The molecule has 0 rings (SSSR count). The molecule has 0 bridgehead atoms. The standard InChI is InChI=1S/C17H33NO3/c1-6-7-8-12-20-14-15-21-13-9-16(19)18(5)11-10-17(2,3)4/h6H,1,7-15H2,2-5H3. The molecule has 0 spiro atoms. The summed E-state index contributed by atoms with van der Waals surface area (Å²) < 4.78 is 10.8. The Bertz CT molecular complexity index is 284. The van der Waals surface area contributed by atoms with Crippen LogP contribution < -0.4 is 0 Å². The minimum Gasteiger partial charge on any atom is -0.379 e. The SMILES string of the molecule is C=CCCCOCCOCCC(=O)N(C)CCC(C)(C)C. The van der Waals surface area contributed by atoms with E-state index in [1.807, 2.05) is 13.1 Å². The maximum Gasteiger partial charge on any atom is 0.224 e. The van der Waals surface area contributed by atoms with Gasteiger partial charge in [0.25, 0.3) is 0 Å². The Kier molecular flexibility index (Phi) is 11.3. The van der Waals surface area contributed by atoms with E-state index in [4.69, 9.17) is 9.47 Å². The number of nitrogens with zero attached hydrogens (tertiary/aromatic N) is 1. The summed E-state index contributed by atoms with van der Waals surface area (Å²) in [7, 11) is 1.86. The van der Waals surface area contributed by atoms with Crippen LogP contribution in [0.2, 0.25) is 0 Å². The van der Waals surface area contributed by atoms with E-state index in [-0.39, 0.29) is 11.3 Å². The minimum absolute atomic E-state index is 0.145. The molecule has 0 aliphatic carbocycles. The maximum absolute atomic E-state index is 11.9. The lowest BCUT2D eigenvalue weighted by atomic mass is 9.92. The van der Waals surface area contributed by atoms with Crippen LogP contribution in [-0.4, -0.2) is 50.8 Å². The summed E-state index contributed by atoms with van der Waals surface area (Å²) >= 11 is 0. The quantitative estimate of drug-likeness (QED) is 0.410. The Morgan fingerprint density at radius 3 is 2.33 bits per heavy atom. The van der Waals surface area contributed by atoms with E-state index in [9.17, 15) is 4.79 Å². The molecule has 4 nitrogen and oxygen atoms in total. The molecule has 0 aromatic carbocycles. The van der Waals surface area contributed by atoms with Crippen LogP contribution in [0.4, 0.5) is 0 Å². The van der Waals surface area contributed by atoms with Gasteiger partial charge in [-0.25, -0.2) is 0 Å². The summed E-state index contributed by atoms with van der Waals surface area (Å²) in [6, 6.07) is 0. The predicted molar refractivity (Wildman–Crippen MR) is 87.4 cm³/mol. The molecule has 0 saturated carbocycles. The summed E-state index contributed by atoms with van der Waals surface area (Å²) in [5.74, 6) is 0.145. The van der Waals surface area contributed by atoms with Crippen molar-refractivity contribution < 1.29 is 14.3 Å². The molecule has 0 aliphatic rings. The fraction of sp³-hybridized carbons (Fsp3) is 0.824. The van der Waals surface area contributed by atoms with E-state index in [0.29, 0.717) is 26.2 Å². The van der Waals surface area contributed by atoms with Gasteiger partial charge in [-0.1, -0.05) is 26.8 Å². The molecule has 21 heavy (non-hydrogen) atoms. The van der Waals surface area contributed by atoms with Gasteiger partial charge in [0.05, 0.1) is 26.2 Å². The fourth-order valence-corrected chi connectivity index (χ4v) is 1.63. The Hall–Kier alpha value is -0.870. The molecule has 0 fully saturated rings. The smallest absolute Gasteiger partial charge is 0.224 e. The average Bonchev–Trinajstić information content (AvgIpc) is 2.41. The van der Waals surface area contributed by atoms with Crippen molar-refractivity contribution in [3.63, 3.8) is 0 Å². The van der Waals surface area contributed by atoms with Gasteiger partial charge >= 0.3 is 0 Å². The summed E-state index contributed by atoms with van der Waals surface area (Å²) in [6.07, 6.45) is 5.32. The first-order valence-electron chi connectivity index (χ1n) is 7.87. The van der Waals surface area contributed by atoms with Crippen molar-refractivity contribution in [1.29, 1.82) is 0 Å². The van der Waals surface area contributed by atoms with Crippen LogP contribution in [0.25, 0.3) is 0 Å². The second kappa shape index (κ2) is 11.8. The third kappa shape index (κ3) is 13.9. The highest BCUT2D eigenvalue weighted by Gasteiger charge is 2.14. The summed E-state index contributed by atoms with van der Waals surface area (Å²) in [5.41, 5.74) is 0.258. The van der Waals surface area contributed by atoms with Gasteiger partial charge in [0, 0.05) is 20.2 Å². The molecule has 0 heterocycles. The van der Waals surface area contributed by atoms with Crippen molar-refractivity contribution in [1.82, 2.24) is 4.90 Å². The molecule has 0 aliphatic heterocycles. The van der Waals surface area contributed by atoms with Gasteiger partial charge in [0.2, 0.25) is 5.91 Å². The largest absolute Gasteiger partial charge is 0.379 e. The lowest BCUT2D eigenvalue weighted by Crippen LogP contribution is -2.30. The van der Waals surface area contributed by atoms with Gasteiger partial charge in [0.1, 0.15) is 0 Å². The predicted octanol–water partition coefficient (Wildman–Crippen LogP) is 3.27. The Labute approximate surface area is 130 Å². The number of ether oxygens (including phenoxy) is 2. The second-order valence-electron chi connectivity index (χ2n) is 6.53. The molecular formula is C17H33NO3. The lowest BCUT2D eigenvalue weighted by molar-refractivity contribution is -0.131. The average molecular weight is 299 g/mol. The van der Waals surface area contributed by atoms with Crippen molar-refractivity contribution in [2.45, 2.75) is 46.5 Å². The summed E-state index contributed by atoms with van der Waals surface area (Å²) in [6.45, 7) is 13.4. The van der Waals surface area contributed by atoms with Crippen LogP contribution in [0.5, 0.6) is 0 Å². The molecule has 1 amide bonds. The van der Waals surface area contributed by atoms with Gasteiger partial charge in [-0.3, -0.25) is 4.79 Å². The molecule has 0 unspecified atom stereocenters. The highest BCUT2D eigenvalue weighted by Crippen LogP contribution is 2.18. The minimum atomic E-state index is 0.145. The number of carbonyl (C=O) groups excluding carboxylic acids is 1. The van der Waals surface area contributed by atoms with Crippen LogP contribution in [0.15, 0.2) is 12.7 Å².